The summed E-state index contributed by atoms with van der Waals surface area (Å²) in [5.41, 5.74) is 0. The molecule has 0 saturated carbocycles. The summed E-state index contributed by atoms with van der Waals surface area (Å²) in [6, 6.07) is 0. The second kappa shape index (κ2) is 6.05. The van der Waals surface area contributed by atoms with E-state index in [9.17, 15) is 0 Å². The highest BCUT2D eigenvalue weighted by Crippen LogP contribution is 2.06. The van der Waals surface area contributed by atoms with E-state index in [0.29, 0.717) is 6.61 Å². The van der Waals surface area contributed by atoms with Gasteiger partial charge in [0.15, 0.2) is 0 Å². The molecule has 0 amide bonds. The number of rotatable bonds is 5. The van der Waals surface area contributed by atoms with Gasteiger partial charge >= 0.3 is 0 Å². The third-order valence-electron chi connectivity index (χ3n) is 1.05. The van der Waals surface area contributed by atoms with Crippen LogP contribution >= 0.6 is 0 Å². The van der Waals surface area contributed by atoms with E-state index in [4.69, 9.17) is 9.47 Å². The van der Waals surface area contributed by atoms with Gasteiger partial charge in [-0.1, -0.05) is 6.92 Å². The maximum Gasteiger partial charge on any atom is 0.122 e. The first-order chi connectivity index (χ1) is 4.35. The van der Waals surface area contributed by atoms with Crippen molar-refractivity contribution in [3.05, 3.63) is 6.10 Å². The molecule has 0 spiro atoms. The molecule has 2 heteroatoms. The summed E-state index contributed by atoms with van der Waals surface area (Å²) in [5, 5.41) is 0. The van der Waals surface area contributed by atoms with E-state index >= 15 is 0 Å². The van der Waals surface area contributed by atoms with E-state index in [1.807, 2.05) is 6.92 Å². The molecule has 0 aliphatic carbocycles. The second-order valence-corrected chi connectivity index (χ2v) is 1.76. The van der Waals surface area contributed by atoms with E-state index in [1.165, 1.54) is 0 Å². The van der Waals surface area contributed by atoms with Crippen LogP contribution in [0.3, 0.4) is 0 Å². The van der Waals surface area contributed by atoms with Gasteiger partial charge in [0.05, 0.1) is 6.61 Å². The molecule has 1 radical (unpaired) electrons. The van der Waals surface area contributed by atoms with Gasteiger partial charge in [-0.15, -0.1) is 0 Å². The fraction of sp³-hybridized carbons (Fsp3) is 0.857. The Bertz CT molecular complexity index is 48.9. The molecule has 0 saturated heterocycles. The zero-order valence-electron chi connectivity index (χ0n) is 6.44. The van der Waals surface area contributed by atoms with Crippen molar-refractivity contribution in [3.63, 3.8) is 0 Å². The summed E-state index contributed by atoms with van der Waals surface area (Å²) >= 11 is 0. The monoisotopic (exact) mass is 131 g/mol. The molecule has 9 heavy (non-hydrogen) atoms. The predicted molar refractivity (Wildman–Crippen MR) is 37.0 cm³/mol. The first-order valence-electron chi connectivity index (χ1n) is 3.31. The lowest BCUT2D eigenvalue weighted by atomic mass is 10.3. The molecule has 0 atom stereocenters. The summed E-state index contributed by atoms with van der Waals surface area (Å²) in [4.78, 5) is 0. The van der Waals surface area contributed by atoms with Crippen LogP contribution in [0.4, 0.5) is 0 Å². The quantitative estimate of drug-likeness (QED) is 0.564. The van der Waals surface area contributed by atoms with Crippen LogP contribution in [-0.4, -0.2) is 20.3 Å². The molecule has 0 aromatic heterocycles. The van der Waals surface area contributed by atoms with Crippen molar-refractivity contribution >= 4 is 0 Å². The van der Waals surface area contributed by atoms with Gasteiger partial charge in [-0.05, 0) is 13.3 Å². The third kappa shape index (κ3) is 4.43. The van der Waals surface area contributed by atoms with E-state index in [-0.39, 0.29) is 0 Å². The summed E-state index contributed by atoms with van der Waals surface area (Å²) in [6.45, 7) is 5.41. The maximum absolute atomic E-state index is 5.22. The van der Waals surface area contributed by atoms with Crippen molar-refractivity contribution in [2.45, 2.75) is 20.3 Å². The van der Waals surface area contributed by atoms with Crippen LogP contribution in [0.1, 0.15) is 20.3 Å². The van der Waals surface area contributed by atoms with Gasteiger partial charge in [0, 0.05) is 13.7 Å². The fourth-order valence-corrected chi connectivity index (χ4v) is 0.611. The number of methoxy groups -OCH3 is 1. The highest BCUT2D eigenvalue weighted by Gasteiger charge is 2.04. The topological polar surface area (TPSA) is 18.5 Å². The van der Waals surface area contributed by atoms with Crippen LogP contribution in [0.2, 0.25) is 0 Å². The first kappa shape index (κ1) is 8.92. The summed E-state index contributed by atoms with van der Waals surface area (Å²) in [6.07, 6.45) is 1.97. The fourth-order valence-electron chi connectivity index (χ4n) is 0.611. The van der Waals surface area contributed by atoms with Crippen molar-refractivity contribution in [2.75, 3.05) is 20.3 Å². The Morgan fingerprint density at radius 1 is 1.33 bits per heavy atom. The van der Waals surface area contributed by atoms with Crippen LogP contribution in [-0.2, 0) is 9.47 Å². The predicted octanol–water partition coefficient (Wildman–Crippen LogP) is 1.61. The second-order valence-electron chi connectivity index (χ2n) is 1.76. The van der Waals surface area contributed by atoms with E-state index in [1.54, 1.807) is 7.11 Å². The zero-order chi connectivity index (χ0) is 7.11. The molecule has 0 bridgehead atoms. The van der Waals surface area contributed by atoms with E-state index in [0.717, 1.165) is 19.1 Å². The smallest absolute Gasteiger partial charge is 0.122 e. The number of hydrogen-bond donors (Lipinski definition) is 0. The molecule has 0 rings (SSSR count). The molecule has 0 heterocycles. The molecule has 0 aliphatic rings. The highest BCUT2D eigenvalue weighted by molar-refractivity contribution is 4.74. The van der Waals surface area contributed by atoms with Crippen LogP contribution in [0, 0.1) is 6.10 Å². The lowest BCUT2D eigenvalue weighted by molar-refractivity contribution is 0.0770. The third-order valence-corrected chi connectivity index (χ3v) is 1.05. The molecule has 55 valence electrons. The molecule has 0 fully saturated rings. The van der Waals surface area contributed by atoms with Gasteiger partial charge in [-0.3, -0.25) is 0 Å². The van der Waals surface area contributed by atoms with Gasteiger partial charge in [0.25, 0.3) is 0 Å². The van der Waals surface area contributed by atoms with E-state index < -0.39 is 0 Å². The Kier molecular flexibility index (Phi) is 5.99. The lowest BCUT2D eigenvalue weighted by Gasteiger charge is -2.10. The minimum absolute atomic E-state index is 0.629. The first-order valence-corrected chi connectivity index (χ1v) is 3.31. The van der Waals surface area contributed by atoms with Gasteiger partial charge < -0.3 is 9.47 Å². The van der Waals surface area contributed by atoms with Crippen molar-refractivity contribution in [1.29, 1.82) is 0 Å². The maximum atomic E-state index is 5.22. The molecule has 0 N–H and O–H groups in total. The Morgan fingerprint density at radius 2 is 2.00 bits per heavy atom. The Balaban J connectivity index is 3.18. The molecule has 0 aliphatic heterocycles. The van der Waals surface area contributed by atoms with Crippen molar-refractivity contribution in [1.82, 2.24) is 0 Å². The van der Waals surface area contributed by atoms with Crippen molar-refractivity contribution in [3.8, 4) is 0 Å². The highest BCUT2D eigenvalue weighted by atomic mass is 16.5. The van der Waals surface area contributed by atoms with Crippen molar-refractivity contribution < 1.29 is 9.47 Å². The molecule has 0 aromatic rings. The largest absolute Gasteiger partial charge is 0.382 e. The van der Waals surface area contributed by atoms with Crippen LogP contribution in [0.5, 0.6) is 0 Å². The minimum Gasteiger partial charge on any atom is -0.382 e. The van der Waals surface area contributed by atoms with E-state index in [2.05, 4.69) is 6.92 Å². The van der Waals surface area contributed by atoms with Gasteiger partial charge in [-0.2, -0.15) is 0 Å². The minimum atomic E-state index is 0.629. The normalized spacial score (nSPS) is 10.7. The van der Waals surface area contributed by atoms with Crippen LogP contribution in [0.25, 0.3) is 0 Å². The Labute approximate surface area is 57.2 Å². The van der Waals surface area contributed by atoms with Gasteiger partial charge in [-0.25, -0.2) is 0 Å². The summed E-state index contributed by atoms with van der Waals surface area (Å²) < 4.78 is 10.1. The van der Waals surface area contributed by atoms with Crippen LogP contribution < -0.4 is 0 Å². The molecular formula is C7H15O2. The zero-order valence-corrected chi connectivity index (χ0v) is 6.44. The molecular weight excluding hydrogens is 116 g/mol. The summed E-state index contributed by atoms with van der Waals surface area (Å²) in [7, 11) is 1.68. The van der Waals surface area contributed by atoms with Crippen molar-refractivity contribution in [2.24, 2.45) is 0 Å². The Hall–Kier alpha value is -0.0800. The lowest BCUT2D eigenvalue weighted by Crippen LogP contribution is -2.08. The number of ether oxygens (including phenoxy) is 2. The Morgan fingerprint density at radius 3 is 2.33 bits per heavy atom. The van der Waals surface area contributed by atoms with Gasteiger partial charge in [0.2, 0.25) is 0 Å². The van der Waals surface area contributed by atoms with Crippen LogP contribution in [0.15, 0.2) is 0 Å². The number of hydrogen-bond acceptors (Lipinski definition) is 2. The van der Waals surface area contributed by atoms with Gasteiger partial charge in [0.1, 0.15) is 6.10 Å². The summed E-state index contributed by atoms with van der Waals surface area (Å²) in [5.74, 6) is 0. The average molecular weight is 131 g/mol. The molecule has 2 nitrogen and oxygen atoms in total. The standard InChI is InChI=1S/C7H15O2/c1-4-7(6-8-3)9-5-2/h4-6H2,1-3H3. The molecule has 0 unspecified atom stereocenters. The molecule has 0 aromatic carbocycles. The average Bonchev–Trinajstić information content (AvgIpc) is 1.88. The SMILES string of the molecule is CCO[C](CC)COC.